The maximum Gasteiger partial charge on any atom is 0.188 e. The van der Waals surface area contributed by atoms with E-state index in [1.165, 1.54) is 30.4 Å². The third kappa shape index (κ3) is 4.92. The molecule has 0 spiro atoms. The van der Waals surface area contributed by atoms with E-state index < -0.39 is 8.32 Å². The summed E-state index contributed by atoms with van der Waals surface area (Å²) in [7, 11) is -2.17. The van der Waals surface area contributed by atoms with Gasteiger partial charge in [-0.1, -0.05) is 44.2 Å². The van der Waals surface area contributed by atoms with Crippen LogP contribution in [0.4, 0.5) is 0 Å². The first-order valence-corrected chi connectivity index (χ1v) is 14.1. The summed E-state index contributed by atoms with van der Waals surface area (Å²) in [6, 6.07) is 13.4. The molecule has 1 fully saturated rings. The Morgan fingerprint density at radius 2 is 1.78 bits per heavy atom. The van der Waals surface area contributed by atoms with E-state index >= 15 is 0 Å². The van der Waals surface area contributed by atoms with E-state index in [0.717, 1.165) is 26.1 Å². The van der Waals surface area contributed by atoms with Gasteiger partial charge in [0.15, 0.2) is 8.32 Å². The Bertz CT molecular complexity index is 698. The molecule has 2 heterocycles. The highest BCUT2D eigenvalue weighted by molar-refractivity contribution is 7.07. The molecule has 0 saturated carbocycles. The highest BCUT2D eigenvalue weighted by atomic mass is 32.1. The summed E-state index contributed by atoms with van der Waals surface area (Å²) >= 11 is 1.79. The summed E-state index contributed by atoms with van der Waals surface area (Å²) in [5, 5.41) is 4.49. The molecule has 0 atom stereocenters. The molecule has 1 aliphatic heterocycles. The Morgan fingerprint density at radius 1 is 1.11 bits per heavy atom. The van der Waals surface area contributed by atoms with Crippen molar-refractivity contribution in [2.75, 3.05) is 13.1 Å². The average Bonchev–Trinajstić information content (AvgIpc) is 3.14. The van der Waals surface area contributed by atoms with Gasteiger partial charge in [-0.25, -0.2) is 0 Å². The lowest BCUT2D eigenvalue weighted by Gasteiger charge is -2.45. The highest BCUT2D eigenvalue weighted by Crippen LogP contribution is 2.47. The standard InChI is InChI=1S/C23H35NOSSi/c1-22(2,27(3,4)25)11-12-23(21-8-6-5-7-9-21)13-15-24(16-14-23)18-20-10-17-26-19-20/h5-10,17,19,25H,11-16,18H2,1-4H3. The SMILES string of the molecule is CC(C)(CCC1(c2ccccc2)CCN(Cc2ccsc2)CC1)[Si](C)(C)O. The number of hydrogen-bond acceptors (Lipinski definition) is 3. The lowest BCUT2D eigenvalue weighted by molar-refractivity contribution is 0.141. The van der Waals surface area contributed by atoms with Crippen molar-refractivity contribution in [2.45, 2.75) is 69.6 Å². The minimum absolute atomic E-state index is 0.0442. The number of hydrogen-bond donors (Lipinski definition) is 1. The number of nitrogens with zero attached hydrogens (tertiary/aromatic N) is 1. The monoisotopic (exact) mass is 401 g/mol. The van der Waals surface area contributed by atoms with Crippen LogP contribution in [0.15, 0.2) is 47.2 Å². The molecule has 0 aliphatic carbocycles. The number of rotatable bonds is 7. The first-order chi connectivity index (χ1) is 12.7. The Hall–Kier alpha value is -0.943. The van der Waals surface area contributed by atoms with Gasteiger partial charge in [-0.15, -0.1) is 0 Å². The fourth-order valence-electron chi connectivity index (χ4n) is 4.11. The summed E-state index contributed by atoms with van der Waals surface area (Å²) in [6.07, 6.45) is 4.70. The summed E-state index contributed by atoms with van der Waals surface area (Å²) < 4.78 is 0. The Kier molecular flexibility index (Phi) is 6.31. The predicted octanol–water partition coefficient (Wildman–Crippen LogP) is 6.04. The van der Waals surface area contributed by atoms with Crippen LogP contribution in [0.1, 0.15) is 50.7 Å². The van der Waals surface area contributed by atoms with E-state index in [1.807, 2.05) is 0 Å². The van der Waals surface area contributed by atoms with E-state index in [4.69, 9.17) is 0 Å². The quantitative estimate of drug-likeness (QED) is 0.572. The van der Waals surface area contributed by atoms with Crippen molar-refractivity contribution in [1.29, 1.82) is 0 Å². The zero-order chi connectivity index (χ0) is 19.5. The van der Waals surface area contributed by atoms with Gasteiger partial charge in [-0.3, -0.25) is 4.90 Å². The molecule has 0 unspecified atom stereocenters. The normalized spacial score (nSPS) is 18.6. The molecule has 1 aromatic heterocycles. The van der Waals surface area contributed by atoms with Gasteiger partial charge in [0.1, 0.15) is 0 Å². The van der Waals surface area contributed by atoms with Crippen LogP contribution in [0.5, 0.6) is 0 Å². The fourth-order valence-corrected chi connectivity index (χ4v) is 5.51. The average molecular weight is 402 g/mol. The zero-order valence-electron chi connectivity index (χ0n) is 17.4. The van der Waals surface area contributed by atoms with Crippen LogP contribution in [0.2, 0.25) is 18.1 Å². The second-order valence-electron chi connectivity index (χ2n) is 9.50. The molecule has 4 heteroatoms. The molecule has 2 aromatic rings. The largest absolute Gasteiger partial charge is 0.432 e. The summed E-state index contributed by atoms with van der Waals surface area (Å²) in [6.45, 7) is 12.1. The van der Waals surface area contributed by atoms with Crippen molar-refractivity contribution in [3.63, 3.8) is 0 Å². The molecule has 1 aromatic carbocycles. The van der Waals surface area contributed by atoms with Crippen LogP contribution in [-0.4, -0.2) is 31.1 Å². The summed E-state index contributed by atoms with van der Waals surface area (Å²) in [5.74, 6) is 0. The van der Waals surface area contributed by atoms with Gasteiger partial charge in [0, 0.05) is 6.54 Å². The second-order valence-corrected chi connectivity index (χ2v) is 14.7. The van der Waals surface area contributed by atoms with E-state index in [0.29, 0.717) is 0 Å². The molecule has 27 heavy (non-hydrogen) atoms. The first kappa shape index (κ1) is 20.8. The molecule has 3 rings (SSSR count). The van der Waals surface area contributed by atoms with Crippen LogP contribution in [0, 0.1) is 0 Å². The molecular weight excluding hydrogens is 366 g/mol. The Labute approximate surface area is 170 Å². The van der Waals surface area contributed by atoms with Crippen LogP contribution in [0.3, 0.4) is 0 Å². The third-order valence-electron chi connectivity index (χ3n) is 7.07. The molecule has 0 bridgehead atoms. The lowest BCUT2D eigenvalue weighted by atomic mass is 9.69. The molecule has 2 nitrogen and oxygen atoms in total. The number of likely N-dealkylation sites (tertiary alicyclic amines) is 1. The molecular formula is C23H35NOSSi. The maximum atomic E-state index is 10.7. The van der Waals surface area contributed by atoms with Crippen LogP contribution in [0.25, 0.3) is 0 Å². The Morgan fingerprint density at radius 3 is 2.33 bits per heavy atom. The van der Waals surface area contributed by atoms with Gasteiger partial charge in [0.2, 0.25) is 0 Å². The van der Waals surface area contributed by atoms with Crippen molar-refractivity contribution < 1.29 is 4.80 Å². The molecule has 1 N–H and O–H groups in total. The van der Waals surface area contributed by atoms with E-state index in [1.54, 1.807) is 11.3 Å². The fraction of sp³-hybridized carbons (Fsp3) is 0.565. The second kappa shape index (κ2) is 8.20. The van der Waals surface area contributed by atoms with E-state index in [-0.39, 0.29) is 10.5 Å². The maximum absolute atomic E-state index is 10.7. The van der Waals surface area contributed by atoms with E-state index in [9.17, 15) is 4.80 Å². The number of thiophene rings is 1. The van der Waals surface area contributed by atoms with Crippen LogP contribution < -0.4 is 0 Å². The van der Waals surface area contributed by atoms with Gasteiger partial charge >= 0.3 is 0 Å². The topological polar surface area (TPSA) is 23.5 Å². The number of piperidine rings is 1. The van der Waals surface area contributed by atoms with Crippen LogP contribution >= 0.6 is 11.3 Å². The molecule has 1 aliphatic rings. The van der Waals surface area contributed by atoms with Gasteiger partial charge in [-0.05, 0) is 90.3 Å². The molecule has 0 radical (unpaired) electrons. The van der Waals surface area contributed by atoms with Gasteiger partial charge in [-0.2, -0.15) is 11.3 Å². The van der Waals surface area contributed by atoms with Crippen molar-refractivity contribution in [1.82, 2.24) is 4.90 Å². The smallest absolute Gasteiger partial charge is 0.188 e. The van der Waals surface area contributed by atoms with Crippen molar-refractivity contribution in [3.05, 3.63) is 58.3 Å². The van der Waals surface area contributed by atoms with Gasteiger partial charge in [0.25, 0.3) is 0 Å². The summed E-state index contributed by atoms with van der Waals surface area (Å²) in [5.41, 5.74) is 3.19. The molecule has 0 amide bonds. The first-order valence-electron chi connectivity index (χ1n) is 10.2. The predicted molar refractivity (Wildman–Crippen MR) is 120 cm³/mol. The number of benzene rings is 1. The zero-order valence-corrected chi connectivity index (χ0v) is 19.2. The molecule has 1 saturated heterocycles. The summed E-state index contributed by atoms with van der Waals surface area (Å²) in [4.78, 5) is 13.4. The van der Waals surface area contributed by atoms with Crippen molar-refractivity contribution in [3.8, 4) is 0 Å². The Balaban J connectivity index is 1.73. The van der Waals surface area contributed by atoms with Crippen LogP contribution in [-0.2, 0) is 12.0 Å². The van der Waals surface area contributed by atoms with Gasteiger partial charge < -0.3 is 4.80 Å². The third-order valence-corrected chi connectivity index (χ3v) is 11.4. The highest BCUT2D eigenvalue weighted by Gasteiger charge is 2.42. The molecule has 148 valence electrons. The van der Waals surface area contributed by atoms with Crippen molar-refractivity contribution in [2.24, 2.45) is 0 Å². The van der Waals surface area contributed by atoms with Crippen molar-refractivity contribution >= 4 is 19.7 Å². The minimum Gasteiger partial charge on any atom is -0.432 e. The minimum atomic E-state index is -2.17. The van der Waals surface area contributed by atoms with Gasteiger partial charge in [0.05, 0.1) is 0 Å². The van der Waals surface area contributed by atoms with E-state index in [2.05, 4.69) is 79.0 Å². The lowest BCUT2D eigenvalue weighted by Crippen LogP contribution is -2.44.